The molecule has 0 saturated heterocycles. The van der Waals surface area contributed by atoms with Crippen molar-refractivity contribution in [3.05, 3.63) is 0 Å². The summed E-state index contributed by atoms with van der Waals surface area (Å²) in [4.78, 5) is 0. The third-order valence-corrected chi connectivity index (χ3v) is 2.55. The minimum Gasteiger partial charge on any atom is -0.745 e. The van der Waals surface area contributed by atoms with Gasteiger partial charge in [-0.1, -0.05) is 34.8 Å². The second kappa shape index (κ2) is 3.78. The van der Waals surface area contributed by atoms with Gasteiger partial charge < -0.3 is 4.55 Å². The Morgan fingerprint density at radius 1 is 1.22 bits per heavy atom. The van der Waals surface area contributed by atoms with E-state index in [0.29, 0.717) is 0 Å². The molecule has 0 saturated carbocycles. The summed E-state index contributed by atoms with van der Waals surface area (Å²) in [6.07, 6.45) is 0. The molecule has 9 heavy (non-hydrogen) atoms. The van der Waals surface area contributed by atoms with Crippen LogP contribution in [0.1, 0.15) is 0 Å². The number of alkyl halides is 3. The van der Waals surface area contributed by atoms with Crippen molar-refractivity contribution in [2.45, 2.75) is 3.12 Å². The quantitative estimate of drug-likeness (QED) is 0.379. The Kier molecular flexibility index (Phi) is 5.52. The molecule has 8 heteroatoms. The van der Waals surface area contributed by atoms with Gasteiger partial charge >= 0.3 is 22.4 Å². The maximum absolute atomic E-state index is 9.70. The molecule has 0 aliphatic carbocycles. The molecular weight excluding hydrogens is 306 g/mol. The van der Waals surface area contributed by atoms with Gasteiger partial charge in [0.15, 0.2) is 0 Å². The van der Waals surface area contributed by atoms with Crippen LogP contribution in [0.5, 0.6) is 0 Å². The fourth-order valence-corrected chi connectivity index (χ4v) is 0. The fraction of sp³-hybridized carbons (Fsp3) is 1.00. The first-order valence-electron chi connectivity index (χ1n) is 1.27. The third-order valence-electron chi connectivity index (χ3n) is 0.283. The maximum atomic E-state index is 9.70. The average Bonchev–Trinajstić information content (AvgIpc) is 1.25. The standard InChI is InChI=1S/CHCl3O3S.Ag/c2-1(3,4)8(5,6)7;/h(H,5,6,7);/q;+1/p-1. The molecule has 0 aromatic rings. The second-order valence-electron chi connectivity index (χ2n) is 0.900. The first-order valence-corrected chi connectivity index (χ1v) is 3.81. The molecule has 0 aromatic heterocycles. The molecule has 0 aliphatic heterocycles. The van der Waals surface area contributed by atoms with E-state index in [0.717, 1.165) is 0 Å². The Balaban J connectivity index is 0. The zero-order valence-corrected chi connectivity index (χ0v) is 8.13. The topological polar surface area (TPSA) is 57.2 Å². The summed E-state index contributed by atoms with van der Waals surface area (Å²) in [5.74, 6) is 0. The van der Waals surface area contributed by atoms with Crippen molar-refractivity contribution in [3.8, 4) is 0 Å². The molecule has 60 valence electrons. The second-order valence-corrected chi connectivity index (χ2v) is 5.37. The van der Waals surface area contributed by atoms with Crippen LogP contribution < -0.4 is 0 Å². The van der Waals surface area contributed by atoms with Gasteiger partial charge in [0.05, 0.1) is 0 Å². The predicted octanol–water partition coefficient (Wildman–Crippen LogP) is 0.857. The van der Waals surface area contributed by atoms with Crippen molar-refractivity contribution < 1.29 is 35.4 Å². The van der Waals surface area contributed by atoms with Gasteiger partial charge in [0.2, 0.25) is 0 Å². The Morgan fingerprint density at radius 3 is 1.33 bits per heavy atom. The maximum Gasteiger partial charge on any atom is 1.00 e. The molecule has 0 amide bonds. The van der Waals surface area contributed by atoms with Crippen LogP contribution in [-0.2, 0) is 32.5 Å². The zero-order chi connectivity index (χ0) is 7.00. The van der Waals surface area contributed by atoms with Crippen molar-refractivity contribution in [2.24, 2.45) is 0 Å². The van der Waals surface area contributed by atoms with Crippen LogP contribution in [0.4, 0.5) is 0 Å². The van der Waals surface area contributed by atoms with Crippen LogP contribution >= 0.6 is 34.8 Å². The third kappa shape index (κ3) is 4.86. The Labute approximate surface area is 82.9 Å². The van der Waals surface area contributed by atoms with E-state index in [1.807, 2.05) is 0 Å². The molecule has 0 atom stereocenters. The van der Waals surface area contributed by atoms with E-state index in [2.05, 4.69) is 34.8 Å². The van der Waals surface area contributed by atoms with Gasteiger partial charge in [-0.2, -0.15) is 0 Å². The van der Waals surface area contributed by atoms with Crippen molar-refractivity contribution in [1.82, 2.24) is 0 Å². The number of hydrogen-bond donors (Lipinski definition) is 0. The van der Waals surface area contributed by atoms with Crippen LogP contribution in [-0.4, -0.2) is 16.1 Å². The van der Waals surface area contributed by atoms with Gasteiger partial charge in [-0.25, -0.2) is 8.42 Å². The van der Waals surface area contributed by atoms with Crippen LogP contribution in [0.15, 0.2) is 0 Å². The molecule has 0 N–H and O–H groups in total. The zero-order valence-electron chi connectivity index (χ0n) is 3.57. The molecule has 0 spiro atoms. The average molecular weight is 306 g/mol. The van der Waals surface area contributed by atoms with E-state index < -0.39 is 13.2 Å². The van der Waals surface area contributed by atoms with Crippen molar-refractivity contribution in [1.29, 1.82) is 0 Å². The molecule has 0 heterocycles. The summed E-state index contributed by atoms with van der Waals surface area (Å²) in [7, 11) is -4.79. The van der Waals surface area contributed by atoms with Crippen molar-refractivity contribution >= 4 is 44.9 Å². The van der Waals surface area contributed by atoms with Gasteiger partial charge in [0.1, 0.15) is 10.1 Å². The molecule has 0 bridgehead atoms. The number of rotatable bonds is 0. The largest absolute Gasteiger partial charge is 1.00 e. The van der Waals surface area contributed by atoms with E-state index in [9.17, 15) is 13.0 Å². The summed E-state index contributed by atoms with van der Waals surface area (Å²) in [6.45, 7) is 0. The van der Waals surface area contributed by atoms with E-state index in [1.54, 1.807) is 0 Å². The Bertz CT molecular complexity index is 168. The molecule has 0 rings (SSSR count). The summed E-state index contributed by atoms with van der Waals surface area (Å²) in [5.41, 5.74) is 0. The molecular formula is CAgCl3O3S. The van der Waals surface area contributed by atoms with E-state index in [-0.39, 0.29) is 22.4 Å². The number of halogens is 3. The molecule has 0 unspecified atom stereocenters. The van der Waals surface area contributed by atoms with Crippen LogP contribution in [0.3, 0.4) is 0 Å². The number of hydrogen-bond acceptors (Lipinski definition) is 3. The van der Waals surface area contributed by atoms with Crippen LogP contribution in [0.2, 0.25) is 0 Å². The van der Waals surface area contributed by atoms with Gasteiger partial charge in [0, 0.05) is 0 Å². The molecule has 0 aliphatic rings. The summed E-state index contributed by atoms with van der Waals surface area (Å²) in [6, 6.07) is 0. The predicted molar refractivity (Wildman–Crippen MR) is 30.0 cm³/mol. The smallest absolute Gasteiger partial charge is 0.745 e. The summed E-state index contributed by atoms with van der Waals surface area (Å²) in [5, 5.41) is 0. The first-order chi connectivity index (χ1) is 3.25. The van der Waals surface area contributed by atoms with Gasteiger partial charge in [-0.3, -0.25) is 0 Å². The normalized spacial score (nSPS) is 12.4. The minimum absolute atomic E-state index is 0. The van der Waals surface area contributed by atoms with Crippen LogP contribution in [0.25, 0.3) is 0 Å². The summed E-state index contributed by atoms with van der Waals surface area (Å²) < 4.78 is 26.4. The minimum atomic E-state index is -4.79. The summed E-state index contributed by atoms with van der Waals surface area (Å²) >= 11 is 13.9. The van der Waals surface area contributed by atoms with Gasteiger partial charge in [0.25, 0.3) is 3.12 Å². The van der Waals surface area contributed by atoms with Crippen molar-refractivity contribution in [3.63, 3.8) is 0 Å². The SMILES string of the molecule is O=S(=O)([O-])C(Cl)(Cl)Cl.[Ag+]. The fourth-order valence-electron chi connectivity index (χ4n) is 0. The van der Waals surface area contributed by atoms with E-state index in [1.165, 1.54) is 0 Å². The van der Waals surface area contributed by atoms with Crippen molar-refractivity contribution in [2.75, 3.05) is 0 Å². The van der Waals surface area contributed by atoms with Gasteiger partial charge in [-0.05, 0) is 0 Å². The monoisotopic (exact) mass is 304 g/mol. The molecule has 3 nitrogen and oxygen atoms in total. The molecule has 0 fully saturated rings. The van der Waals surface area contributed by atoms with Gasteiger partial charge in [-0.15, -0.1) is 0 Å². The van der Waals surface area contributed by atoms with E-state index in [4.69, 9.17) is 0 Å². The Hall–Kier alpha value is 1.52. The first kappa shape index (κ1) is 13.1. The molecule has 0 radical (unpaired) electrons. The van der Waals surface area contributed by atoms with E-state index >= 15 is 0 Å². The Morgan fingerprint density at radius 2 is 1.33 bits per heavy atom. The molecule has 0 aromatic carbocycles. The van der Waals surface area contributed by atoms with Crippen LogP contribution in [0, 0.1) is 0 Å².